The summed E-state index contributed by atoms with van der Waals surface area (Å²) in [5.41, 5.74) is 1.68. The number of ether oxygens (including phenoxy) is 2. The fourth-order valence-corrected chi connectivity index (χ4v) is 5.30. The van der Waals surface area contributed by atoms with Crippen molar-refractivity contribution in [2.75, 3.05) is 13.2 Å². The van der Waals surface area contributed by atoms with Crippen LogP contribution < -0.4 is 9.47 Å². The molecule has 0 fully saturated rings. The molecule has 0 aliphatic heterocycles. The maximum atomic E-state index is 11.6. The molecule has 2 aromatic carbocycles. The van der Waals surface area contributed by atoms with Crippen LogP contribution in [0.5, 0.6) is 11.5 Å². The lowest BCUT2D eigenvalue weighted by Gasteiger charge is -2.28. The topological polar surface area (TPSA) is 55.8 Å². The second-order valence-electron chi connectivity index (χ2n) is 6.36. The molecule has 0 heterocycles. The first-order valence-corrected chi connectivity index (χ1v) is 11.4. The minimum atomic E-state index is -0.528. The van der Waals surface area contributed by atoms with Gasteiger partial charge in [-0.05, 0) is 99.1 Å². The van der Waals surface area contributed by atoms with Crippen molar-refractivity contribution in [3.8, 4) is 11.5 Å². The predicted octanol–water partition coefficient (Wildman–Crippen LogP) is 6.53. The molecule has 4 nitrogen and oxygen atoms in total. The first kappa shape index (κ1) is 23.6. The Morgan fingerprint density at radius 3 is 1.82 bits per heavy atom. The minimum absolute atomic E-state index is 0.0586. The van der Waals surface area contributed by atoms with Crippen molar-refractivity contribution in [2.45, 2.75) is 19.3 Å². The van der Waals surface area contributed by atoms with Crippen LogP contribution in [0, 0.1) is 0 Å². The van der Waals surface area contributed by atoms with E-state index in [0.29, 0.717) is 20.4 Å². The van der Waals surface area contributed by atoms with Crippen LogP contribution in [0.1, 0.15) is 25.0 Å². The summed E-state index contributed by atoms with van der Waals surface area (Å²) in [4.78, 5) is 11.6. The van der Waals surface area contributed by atoms with Gasteiger partial charge in [0.05, 0.1) is 24.5 Å². The average Bonchev–Trinajstić information content (AvgIpc) is 2.63. The van der Waals surface area contributed by atoms with Crippen LogP contribution in [0.15, 0.2) is 54.8 Å². The summed E-state index contributed by atoms with van der Waals surface area (Å²) >= 11 is 14.1. The van der Waals surface area contributed by atoms with Crippen molar-refractivity contribution in [3.63, 3.8) is 0 Å². The highest BCUT2D eigenvalue weighted by Gasteiger charge is 2.27. The highest BCUT2D eigenvalue weighted by atomic mass is 79.9. The van der Waals surface area contributed by atoms with Crippen molar-refractivity contribution >= 4 is 69.7 Å². The number of carbonyl (C=O) groups is 1. The van der Waals surface area contributed by atoms with E-state index in [9.17, 15) is 4.79 Å². The lowest BCUT2D eigenvalue weighted by molar-refractivity contribution is -0.129. The molecule has 0 unspecified atom stereocenters. The Morgan fingerprint density at radius 2 is 1.43 bits per heavy atom. The van der Waals surface area contributed by atoms with Crippen LogP contribution in [0.3, 0.4) is 0 Å². The van der Waals surface area contributed by atoms with Gasteiger partial charge in [0, 0.05) is 11.5 Å². The van der Waals surface area contributed by atoms with Gasteiger partial charge in [0.15, 0.2) is 5.75 Å². The van der Waals surface area contributed by atoms with Crippen LogP contribution in [-0.2, 0) is 10.2 Å². The molecule has 0 aliphatic rings. The Bertz CT molecular complexity index is 863. The zero-order valence-electron chi connectivity index (χ0n) is 15.2. The largest absolute Gasteiger partial charge is 0.489 e. The van der Waals surface area contributed by atoms with Crippen LogP contribution in [0.2, 0.25) is 0 Å². The molecule has 0 aromatic heterocycles. The Morgan fingerprint density at radius 1 is 1.00 bits per heavy atom. The summed E-state index contributed by atoms with van der Waals surface area (Å²) in [7, 11) is 0. The number of esters is 1. The molecule has 0 radical (unpaired) electrons. The summed E-state index contributed by atoms with van der Waals surface area (Å²) in [6, 6.07) is 7.83. The smallest absolute Gasteiger partial charge is 0.335 e. The molecular weight excluding hydrogens is 624 g/mol. The minimum Gasteiger partial charge on any atom is -0.489 e. The molecule has 2 aromatic rings. The number of halogens is 4. The van der Waals surface area contributed by atoms with Crippen molar-refractivity contribution in [2.24, 2.45) is 0 Å². The number of carbonyl (C=O) groups excluding carboxylic acids is 1. The fraction of sp³-hybridized carbons (Fsp3) is 0.250. The van der Waals surface area contributed by atoms with E-state index >= 15 is 0 Å². The predicted molar refractivity (Wildman–Crippen MR) is 124 cm³/mol. The van der Waals surface area contributed by atoms with E-state index in [1.165, 1.54) is 0 Å². The van der Waals surface area contributed by atoms with Gasteiger partial charge >= 0.3 is 5.97 Å². The third-order valence-electron chi connectivity index (χ3n) is 4.15. The van der Waals surface area contributed by atoms with Gasteiger partial charge in [0.2, 0.25) is 0 Å². The SMILES string of the molecule is C=CC(=O)Oc1c(Br)cc(C(C)(C)c2cc(Br)c(OCCO)c(Br)c2)cc1Br. The van der Waals surface area contributed by atoms with E-state index in [4.69, 9.17) is 14.6 Å². The molecule has 8 heteroatoms. The molecule has 150 valence electrons. The monoisotopic (exact) mass is 638 g/mol. The van der Waals surface area contributed by atoms with Crippen molar-refractivity contribution in [1.29, 1.82) is 0 Å². The molecule has 0 bridgehead atoms. The van der Waals surface area contributed by atoms with E-state index in [0.717, 1.165) is 26.1 Å². The molecule has 0 amide bonds. The molecule has 1 N–H and O–H groups in total. The van der Waals surface area contributed by atoms with Crippen molar-refractivity contribution in [1.82, 2.24) is 0 Å². The molecule has 0 atom stereocenters. The van der Waals surface area contributed by atoms with Gasteiger partial charge in [0.25, 0.3) is 0 Å². The lowest BCUT2D eigenvalue weighted by Crippen LogP contribution is -2.19. The summed E-state index contributed by atoms with van der Waals surface area (Å²) in [5, 5.41) is 8.99. The Hall–Kier alpha value is -0.670. The zero-order chi connectivity index (χ0) is 21.1. The first-order chi connectivity index (χ1) is 13.1. The summed E-state index contributed by atoms with van der Waals surface area (Å²) in [5.74, 6) is 0.516. The van der Waals surface area contributed by atoms with Gasteiger partial charge in [-0.2, -0.15) is 0 Å². The van der Waals surface area contributed by atoms with E-state index < -0.39 is 5.97 Å². The second kappa shape index (κ2) is 9.89. The molecule has 2 rings (SSSR count). The van der Waals surface area contributed by atoms with Gasteiger partial charge in [-0.25, -0.2) is 4.79 Å². The van der Waals surface area contributed by atoms with Crippen LogP contribution >= 0.6 is 63.7 Å². The molecule has 0 spiro atoms. The van der Waals surface area contributed by atoms with Gasteiger partial charge in [-0.15, -0.1) is 0 Å². The molecule has 0 saturated heterocycles. The standard InChI is InChI=1S/C20H18Br4O4/c1-4-17(26)28-19-15(23)9-12(10-16(19)24)20(2,3)11-7-13(21)18(14(22)8-11)27-6-5-25/h4,7-10,25H,1,5-6H2,2-3H3. The second-order valence-corrected chi connectivity index (χ2v) is 9.78. The maximum absolute atomic E-state index is 11.6. The number of benzene rings is 2. The van der Waals surface area contributed by atoms with Gasteiger partial charge in [-0.3, -0.25) is 0 Å². The van der Waals surface area contributed by atoms with Crippen LogP contribution in [0.25, 0.3) is 0 Å². The highest BCUT2D eigenvalue weighted by Crippen LogP contribution is 2.44. The highest BCUT2D eigenvalue weighted by molar-refractivity contribution is 9.11. The number of aliphatic hydroxyl groups excluding tert-OH is 1. The van der Waals surface area contributed by atoms with E-state index in [2.05, 4.69) is 84.1 Å². The van der Waals surface area contributed by atoms with E-state index in [1.807, 2.05) is 24.3 Å². The molecule has 0 aliphatic carbocycles. The van der Waals surface area contributed by atoms with E-state index in [-0.39, 0.29) is 18.6 Å². The molecular formula is C20H18Br4O4. The number of rotatable bonds is 7. The normalized spacial score (nSPS) is 11.2. The summed E-state index contributed by atoms with van der Waals surface area (Å²) < 4.78 is 13.7. The van der Waals surface area contributed by atoms with Crippen LogP contribution in [0.4, 0.5) is 0 Å². The third kappa shape index (κ3) is 5.27. The average molecular weight is 642 g/mol. The number of hydrogen-bond donors (Lipinski definition) is 1. The quantitative estimate of drug-likeness (QED) is 0.212. The summed E-state index contributed by atoms with van der Waals surface area (Å²) in [6.45, 7) is 7.76. The third-order valence-corrected chi connectivity index (χ3v) is 6.50. The van der Waals surface area contributed by atoms with Gasteiger partial charge < -0.3 is 14.6 Å². The Balaban J connectivity index is 2.47. The Labute approximate surface area is 197 Å². The maximum Gasteiger partial charge on any atom is 0.335 e. The van der Waals surface area contributed by atoms with E-state index in [1.54, 1.807) is 0 Å². The van der Waals surface area contributed by atoms with Crippen molar-refractivity contribution < 1.29 is 19.4 Å². The lowest BCUT2D eigenvalue weighted by atomic mass is 9.78. The Kier molecular flexibility index (Phi) is 8.34. The molecule has 28 heavy (non-hydrogen) atoms. The fourth-order valence-electron chi connectivity index (χ4n) is 2.53. The number of aliphatic hydroxyl groups is 1. The first-order valence-electron chi connectivity index (χ1n) is 8.18. The van der Waals surface area contributed by atoms with Crippen molar-refractivity contribution in [3.05, 3.63) is 65.9 Å². The zero-order valence-corrected chi connectivity index (χ0v) is 21.5. The number of hydrogen-bond acceptors (Lipinski definition) is 4. The van der Waals surface area contributed by atoms with Gasteiger partial charge in [-0.1, -0.05) is 20.4 Å². The van der Waals surface area contributed by atoms with Gasteiger partial charge in [0.1, 0.15) is 12.4 Å². The van der Waals surface area contributed by atoms with Crippen LogP contribution in [-0.4, -0.2) is 24.3 Å². The summed E-state index contributed by atoms with van der Waals surface area (Å²) in [6.07, 6.45) is 1.12. The molecule has 0 saturated carbocycles.